The van der Waals surface area contributed by atoms with Gasteiger partial charge in [0.15, 0.2) is 0 Å². The minimum atomic E-state index is -0.841. The molecule has 0 heterocycles. The molecule has 0 aliphatic carbocycles. The Morgan fingerprint density at radius 2 is 1.89 bits per heavy atom. The Bertz CT molecular complexity index is 414. The van der Waals surface area contributed by atoms with Crippen molar-refractivity contribution >= 4 is 5.97 Å². The largest absolute Gasteiger partial charge is 0.491 e. The number of ether oxygens (including phenoxy) is 2. The van der Waals surface area contributed by atoms with Gasteiger partial charge in [-0.2, -0.15) is 0 Å². The van der Waals surface area contributed by atoms with Crippen LogP contribution >= 0.6 is 0 Å². The van der Waals surface area contributed by atoms with E-state index in [4.69, 9.17) is 9.47 Å². The van der Waals surface area contributed by atoms with Crippen LogP contribution in [0.15, 0.2) is 24.3 Å². The maximum atomic E-state index is 12.0. The van der Waals surface area contributed by atoms with Crippen LogP contribution in [0.3, 0.4) is 0 Å². The van der Waals surface area contributed by atoms with Gasteiger partial charge in [0.05, 0.1) is 12.7 Å². The highest BCUT2D eigenvalue weighted by Crippen LogP contribution is 2.24. The lowest BCUT2D eigenvalue weighted by atomic mass is 9.92. The minimum Gasteiger partial charge on any atom is -0.491 e. The molecule has 1 aromatic rings. The van der Waals surface area contributed by atoms with Gasteiger partial charge in [-0.3, -0.25) is 0 Å². The molecule has 1 rings (SSSR count). The molecule has 1 aromatic carbocycles. The van der Waals surface area contributed by atoms with Gasteiger partial charge >= 0.3 is 5.97 Å². The molecule has 0 aliphatic heterocycles. The van der Waals surface area contributed by atoms with Crippen LogP contribution in [0.2, 0.25) is 0 Å². The summed E-state index contributed by atoms with van der Waals surface area (Å²) in [7, 11) is 1.75. The molecule has 1 N–H and O–H groups in total. The Morgan fingerprint density at radius 1 is 1.32 bits per heavy atom. The number of carbonyl (C=O) groups is 1. The predicted octanol–water partition coefficient (Wildman–Crippen LogP) is 2.47. The maximum absolute atomic E-state index is 12.0. The summed E-state index contributed by atoms with van der Waals surface area (Å²) in [6, 6.07) is 7.49. The van der Waals surface area contributed by atoms with Crippen LogP contribution in [-0.4, -0.2) is 25.7 Å². The molecule has 0 amide bonds. The molecule has 0 aromatic heterocycles. The van der Waals surface area contributed by atoms with Gasteiger partial charge in [0.25, 0.3) is 0 Å². The second kappa shape index (κ2) is 6.57. The lowest BCUT2D eigenvalue weighted by Gasteiger charge is -2.27. The summed E-state index contributed by atoms with van der Waals surface area (Å²) in [6.45, 7) is 7.93. The van der Waals surface area contributed by atoms with Gasteiger partial charge in [0.1, 0.15) is 11.3 Å². The van der Waals surface area contributed by atoms with Gasteiger partial charge in [-0.15, -0.1) is 0 Å². The molecule has 19 heavy (non-hydrogen) atoms. The summed E-state index contributed by atoms with van der Waals surface area (Å²) in [6.07, 6.45) is 0.131. The van der Waals surface area contributed by atoms with E-state index in [-0.39, 0.29) is 12.1 Å². The molecule has 106 valence electrons. The summed E-state index contributed by atoms with van der Waals surface area (Å²) in [4.78, 5) is 12.0. The number of rotatable bonds is 6. The van der Waals surface area contributed by atoms with E-state index < -0.39 is 5.54 Å². The summed E-state index contributed by atoms with van der Waals surface area (Å²) < 4.78 is 10.7. The Labute approximate surface area is 115 Å². The van der Waals surface area contributed by atoms with Crippen molar-refractivity contribution in [3.05, 3.63) is 29.8 Å². The van der Waals surface area contributed by atoms with Crippen LogP contribution in [0.1, 0.15) is 33.3 Å². The fraction of sp³-hybridized carbons (Fsp3) is 0.533. The van der Waals surface area contributed by atoms with E-state index in [0.717, 1.165) is 11.3 Å². The zero-order chi connectivity index (χ0) is 14.5. The van der Waals surface area contributed by atoms with Crippen molar-refractivity contribution < 1.29 is 14.3 Å². The van der Waals surface area contributed by atoms with Crippen LogP contribution in [0.5, 0.6) is 5.75 Å². The number of carbonyl (C=O) groups excluding carboxylic acids is 1. The Morgan fingerprint density at radius 3 is 2.32 bits per heavy atom. The highest BCUT2D eigenvalue weighted by Gasteiger charge is 2.34. The number of benzene rings is 1. The summed E-state index contributed by atoms with van der Waals surface area (Å²) in [5.74, 6) is 0.510. The first-order chi connectivity index (χ1) is 8.93. The molecule has 0 saturated carbocycles. The normalized spacial score (nSPS) is 14.0. The van der Waals surface area contributed by atoms with Crippen LogP contribution < -0.4 is 10.1 Å². The number of hydrogen-bond acceptors (Lipinski definition) is 4. The van der Waals surface area contributed by atoms with Crippen LogP contribution in [0.4, 0.5) is 0 Å². The molecule has 0 bridgehead atoms. The monoisotopic (exact) mass is 265 g/mol. The first kappa shape index (κ1) is 15.5. The van der Waals surface area contributed by atoms with E-state index in [0.29, 0.717) is 6.61 Å². The van der Waals surface area contributed by atoms with E-state index in [9.17, 15) is 4.79 Å². The molecule has 0 radical (unpaired) electrons. The third-order valence-electron chi connectivity index (χ3n) is 2.99. The van der Waals surface area contributed by atoms with Crippen molar-refractivity contribution in [2.45, 2.75) is 39.3 Å². The van der Waals surface area contributed by atoms with Crippen molar-refractivity contribution in [3.8, 4) is 5.75 Å². The first-order valence-electron chi connectivity index (χ1n) is 6.57. The molecular formula is C15H23NO3. The molecule has 4 nitrogen and oxygen atoms in total. The summed E-state index contributed by atoms with van der Waals surface area (Å²) >= 11 is 0. The third kappa shape index (κ3) is 3.70. The Balaban J connectivity index is 2.96. The number of hydrogen-bond donors (Lipinski definition) is 1. The molecule has 0 saturated heterocycles. The van der Waals surface area contributed by atoms with E-state index >= 15 is 0 Å². The lowest BCUT2D eigenvalue weighted by molar-refractivity contribution is -0.150. The zero-order valence-corrected chi connectivity index (χ0v) is 12.3. The van der Waals surface area contributed by atoms with Gasteiger partial charge < -0.3 is 14.8 Å². The summed E-state index contributed by atoms with van der Waals surface area (Å²) in [5, 5.41) is 3.02. The van der Waals surface area contributed by atoms with Crippen molar-refractivity contribution in [2.24, 2.45) is 0 Å². The van der Waals surface area contributed by atoms with Crippen molar-refractivity contribution in [1.82, 2.24) is 5.32 Å². The highest BCUT2D eigenvalue weighted by molar-refractivity contribution is 5.82. The van der Waals surface area contributed by atoms with Crippen molar-refractivity contribution in [1.29, 1.82) is 0 Å². The highest BCUT2D eigenvalue weighted by atomic mass is 16.5. The predicted molar refractivity (Wildman–Crippen MR) is 75.3 cm³/mol. The fourth-order valence-corrected chi connectivity index (χ4v) is 1.78. The van der Waals surface area contributed by atoms with Crippen molar-refractivity contribution in [3.63, 3.8) is 0 Å². The Kier molecular flexibility index (Phi) is 5.36. The van der Waals surface area contributed by atoms with Gasteiger partial charge in [0.2, 0.25) is 0 Å². The zero-order valence-electron chi connectivity index (χ0n) is 12.3. The molecule has 0 aliphatic rings. The van der Waals surface area contributed by atoms with Crippen LogP contribution in [0.25, 0.3) is 0 Å². The van der Waals surface area contributed by atoms with Gasteiger partial charge in [-0.1, -0.05) is 12.1 Å². The second-order valence-electron chi connectivity index (χ2n) is 4.79. The minimum absolute atomic E-state index is 0.131. The SMILES string of the molecule is CCOC(=O)C(C)(NC)c1ccc(OC(C)C)cc1. The third-order valence-corrected chi connectivity index (χ3v) is 2.99. The van der Waals surface area contributed by atoms with Gasteiger partial charge in [-0.05, 0) is 52.4 Å². The molecule has 0 fully saturated rings. The summed E-state index contributed by atoms with van der Waals surface area (Å²) in [5.41, 5.74) is 0.0105. The average molecular weight is 265 g/mol. The fourth-order valence-electron chi connectivity index (χ4n) is 1.78. The quantitative estimate of drug-likeness (QED) is 0.803. The molecule has 1 atom stereocenters. The number of likely N-dealkylation sites (N-methyl/N-ethyl adjacent to an activating group) is 1. The topological polar surface area (TPSA) is 47.6 Å². The van der Waals surface area contributed by atoms with E-state index in [1.54, 1.807) is 14.0 Å². The standard InChI is InChI=1S/C15H23NO3/c1-6-18-14(17)15(4,16-5)12-7-9-13(10-8-12)19-11(2)3/h7-11,16H,6H2,1-5H3. The molecule has 4 heteroatoms. The smallest absolute Gasteiger partial charge is 0.330 e. The van der Waals surface area contributed by atoms with Crippen LogP contribution in [-0.2, 0) is 15.1 Å². The second-order valence-corrected chi connectivity index (χ2v) is 4.79. The van der Waals surface area contributed by atoms with Crippen molar-refractivity contribution in [2.75, 3.05) is 13.7 Å². The number of nitrogens with one attached hydrogen (secondary N) is 1. The maximum Gasteiger partial charge on any atom is 0.330 e. The van der Waals surface area contributed by atoms with E-state index in [1.807, 2.05) is 45.0 Å². The van der Waals surface area contributed by atoms with E-state index in [1.165, 1.54) is 0 Å². The Hall–Kier alpha value is -1.55. The first-order valence-corrected chi connectivity index (χ1v) is 6.57. The molecular weight excluding hydrogens is 242 g/mol. The van der Waals surface area contributed by atoms with Gasteiger partial charge in [0, 0.05) is 0 Å². The average Bonchev–Trinajstić information content (AvgIpc) is 2.38. The van der Waals surface area contributed by atoms with Gasteiger partial charge in [-0.25, -0.2) is 4.79 Å². The molecule has 0 spiro atoms. The van der Waals surface area contributed by atoms with Crippen LogP contribution in [0, 0.1) is 0 Å². The lowest BCUT2D eigenvalue weighted by Crippen LogP contribution is -2.45. The number of esters is 1. The molecule has 1 unspecified atom stereocenters. The van der Waals surface area contributed by atoms with E-state index in [2.05, 4.69) is 5.32 Å².